The van der Waals surface area contributed by atoms with Crippen molar-refractivity contribution < 1.29 is 12.2 Å². The van der Waals surface area contributed by atoms with E-state index in [1.807, 2.05) is 42.5 Å². The minimum atomic E-state index is -1.75. The molecule has 1 saturated carbocycles. The molecule has 0 heterocycles. The molecule has 0 amide bonds. The quantitative estimate of drug-likeness (QED) is 0.650. The fraction of sp³-hybridized carbons (Fsp3) is 0.333. The molecule has 22 heavy (non-hydrogen) atoms. The van der Waals surface area contributed by atoms with E-state index in [0.29, 0.717) is 5.75 Å². The van der Waals surface area contributed by atoms with Crippen molar-refractivity contribution in [3.8, 4) is 5.75 Å². The van der Waals surface area contributed by atoms with Crippen molar-refractivity contribution in [1.82, 2.24) is 0 Å². The lowest BCUT2D eigenvalue weighted by atomic mass is 10.1. The molecule has 2 aromatic rings. The largest absolute Gasteiger partial charge is 0.491 e. The van der Waals surface area contributed by atoms with E-state index in [2.05, 4.69) is 15.9 Å². The SMILES string of the molecule is [2H]C([2H])(COc1ccc(Cc2cc(Br)ccc2Cl)cc1)OC1CC1. The molecule has 1 aliphatic rings. The monoisotopic (exact) mass is 382 g/mol. The van der Waals surface area contributed by atoms with Gasteiger partial charge in [-0.05, 0) is 60.7 Å². The van der Waals surface area contributed by atoms with Gasteiger partial charge >= 0.3 is 0 Å². The lowest BCUT2D eigenvalue weighted by Gasteiger charge is -2.09. The van der Waals surface area contributed by atoms with Crippen LogP contribution >= 0.6 is 27.5 Å². The van der Waals surface area contributed by atoms with Gasteiger partial charge in [0.1, 0.15) is 12.4 Å². The van der Waals surface area contributed by atoms with Crippen LogP contribution in [0, 0.1) is 0 Å². The maximum Gasteiger partial charge on any atom is 0.119 e. The molecule has 2 aromatic carbocycles. The Morgan fingerprint density at radius 2 is 1.95 bits per heavy atom. The van der Waals surface area contributed by atoms with Gasteiger partial charge in [0, 0.05) is 9.50 Å². The Kier molecular flexibility index (Phi) is 4.57. The molecule has 0 bridgehead atoms. The van der Waals surface area contributed by atoms with E-state index in [4.69, 9.17) is 23.8 Å². The highest BCUT2D eigenvalue weighted by Crippen LogP contribution is 2.25. The van der Waals surface area contributed by atoms with Crippen LogP contribution in [0.25, 0.3) is 0 Å². The average molecular weight is 384 g/mol. The molecule has 0 radical (unpaired) electrons. The molecule has 0 aromatic heterocycles. The first-order valence-corrected chi connectivity index (χ1v) is 8.42. The first-order chi connectivity index (χ1) is 11.4. The third kappa shape index (κ3) is 4.73. The maximum absolute atomic E-state index is 7.78. The zero-order chi connectivity index (χ0) is 17.2. The van der Waals surface area contributed by atoms with Gasteiger partial charge in [-0.3, -0.25) is 0 Å². The second-order valence-corrected chi connectivity index (χ2v) is 6.63. The lowest BCUT2D eigenvalue weighted by molar-refractivity contribution is 0.0881. The molecule has 0 aliphatic heterocycles. The third-order valence-corrected chi connectivity index (χ3v) is 4.26. The van der Waals surface area contributed by atoms with Gasteiger partial charge < -0.3 is 9.47 Å². The van der Waals surface area contributed by atoms with E-state index < -0.39 is 6.56 Å². The summed E-state index contributed by atoms with van der Waals surface area (Å²) in [5.41, 5.74) is 2.16. The van der Waals surface area contributed by atoms with Crippen LogP contribution in [0.1, 0.15) is 26.7 Å². The van der Waals surface area contributed by atoms with Crippen LogP contribution in [-0.2, 0) is 11.2 Å². The lowest BCUT2D eigenvalue weighted by Crippen LogP contribution is -2.07. The van der Waals surface area contributed by atoms with Crippen molar-refractivity contribution in [2.24, 2.45) is 0 Å². The van der Waals surface area contributed by atoms with E-state index in [1.54, 1.807) is 0 Å². The number of ether oxygens (including phenoxy) is 2. The standard InChI is InChI=1S/C18H18BrClO2/c19-15-3-8-18(20)14(12-15)11-13-1-4-16(5-2-13)21-9-10-22-17-6-7-17/h1-5,8,12,17H,6-7,9-11H2/i10D2. The van der Waals surface area contributed by atoms with Crippen LogP contribution in [0.5, 0.6) is 5.75 Å². The van der Waals surface area contributed by atoms with Crippen molar-refractivity contribution in [1.29, 1.82) is 0 Å². The Bertz CT molecular complexity index is 703. The van der Waals surface area contributed by atoms with Crippen LogP contribution in [0.4, 0.5) is 0 Å². The first-order valence-electron chi connectivity index (χ1n) is 8.25. The minimum Gasteiger partial charge on any atom is -0.491 e. The van der Waals surface area contributed by atoms with Crippen molar-refractivity contribution in [3.05, 3.63) is 63.1 Å². The Morgan fingerprint density at radius 3 is 2.68 bits per heavy atom. The number of hydrogen-bond acceptors (Lipinski definition) is 2. The molecule has 0 N–H and O–H groups in total. The highest BCUT2D eigenvalue weighted by Gasteiger charge is 2.21. The van der Waals surface area contributed by atoms with Crippen LogP contribution in [0.3, 0.4) is 0 Å². The zero-order valence-electron chi connectivity index (χ0n) is 14.0. The Balaban J connectivity index is 1.57. The molecule has 1 aliphatic carbocycles. The summed E-state index contributed by atoms with van der Waals surface area (Å²) in [6.45, 7) is -1.86. The second kappa shape index (κ2) is 7.49. The maximum atomic E-state index is 7.78. The number of halogens is 2. The van der Waals surface area contributed by atoms with Gasteiger partial charge in [0.25, 0.3) is 0 Å². The van der Waals surface area contributed by atoms with Gasteiger partial charge in [-0.2, -0.15) is 0 Å². The second-order valence-electron chi connectivity index (χ2n) is 5.31. The highest BCUT2D eigenvalue weighted by molar-refractivity contribution is 9.10. The summed E-state index contributed by atoms with van der Waals surface area (Å²) in [5, 5.41) is 0.740. The Labute approximate surface area is 147 Å². The molecule has 1 fully saturated rings. The van der Waals surface area contributed by atoms with E-state index in [-0.39, 0.29) is 12.7 Å². The predicted octanol–water partition coefficient (Wildman–Crippen LogP) is 5.25. The minimum absolute atomic E-state index is 0.0564. The van der Waals surface area contributed by atoms with E-state index in [1.165, 1.54) is 0 Å². The number of benzene rings is 2. The Hall–Kier alpha value is -1.03. The number of hydrogen-bond donors (Lipinski definition) is 0. The summed E-state index contributed by atoms with van der Waals surface area (Å²) in [7, 11) is 0. The molecule has 0 saturated heterocycles. The van der Waals surface area contributed by atoms with E-state index in [9.17, 15) is 0 Å². The number of rotatable bonds is 7. The zero-order valence-corrected chi connectivity index (χ0v) is 14.4. The molecule has 3 rings (SSSR count). The molecule has 0 unspecified atom stereocenters. The molecular weight excluding hydrogens is 364 g/mol. The topological polar surface area (TPSA) is 18.5 Å². The summed E-state index contributed by atoms with van der Waals surface area (Å²) in [6, 6.07) is 13.4. The highest BCUT2D eigenvalue weighted by atomic mass is 79.9. The van der Waals surface area contributed by atoms with Crippen molar-refractivity contribution in [2.45, 2.75) is 25.4 Å². The van der Waals surface area contributed by atoms with Crippen LogP contribution in [-0.4, -0.2) is 19.3 Å². The van der Waals surface area contributed by atoms with Crippen LogP contribution in [0.15, 0.2) is 46.9 Å². The van der Waals surface area contributed by atoms with Gasteiger partial charge in [0.15, 0.2) is 0 Å². The molecule has 4 heteroatoms. The molecule has 2 nitrogen and oxygen atoms in total. The fourth-order valence-electron chi connectivity index (χ4n) is 2.05. The van der Waals surface area contributed by atoms with E-state index >= 15 is 0 Å². The van der Waals surface area contributed by atoms with E-state index in [0.717, 1.165) is 39.9 Å². The normalized spacial score (nSPS) is 16.1. The summed E-state index contributed by atoms with van der Waals surface area (Å²) < 4.78 is 27.4. The van der Waals surface area contributed by atoms with Gasteiger partial charge in [-0.1, -0.05) is 39.7 Å². The summed E-state index contributed by atoms with van der Waals surface area (Å²) in [6.07, 6.45) is 2.66. The Morgan fingerprint density at radius 1 is 1.18 bits per heavy atom. The van der Waals surface area contributed by atoms with Crippen molar-refractivity contribution in [2.75, 3.05) is 13.2 Å². The summed E-state index contributed by atoms with van der Waals surface area (Å²) >= 11 is 9.68. The van der Waals surface area contributed by atoms with Gasteiger partial charge in [0.05, 0.1) is 15.4 Å². The molecular formula is C18H18BrClO2. The molecule has 116 valence electrons. The van der Waals surface area contributed by atoms with Crippen LogP contribution in [0.2, 0.25) is 5.02 Å². The van der Waals surface area contributed by atoms with Crippen molar-refractivity contribution >= 4 is 27.5 Å². The summed E-state index contributed by atoms with van der Waals surface area (Å²) in [4.78, 5) is 0. The third-order valence-electron chi connectivity index (χ3n) is 3.40. The van der Waals surface area contributed by atoms with Gasteiger partial charge in [-0.25, -0.2) is 0 Å². The predicted molar refractivity (Wildman–Crippen MR) is 92.9 cm³/mol. The van der Waals surface area contributed by atoms with Gasteiger partial charge in [-0.15, -0.1) is 0 Å². The smallest absolute Gasteiger partial charge is 0.119 e. The van der Waals surface area contributed by atoms with Gasteiger partial charge in [0.2, 0.25) is 0 Å². The van der Waals surface area contributed by atoms with Crippen LogP contribution < -0.4 is 4.74 Å². The molecule has 0 spiro atoms. The molecule has 0 atom stereocenters. The first kappa shape index (κ1) is 13.4. The summed E-state index contributed by atoms with van der Waals surface area (Å²) in [5.74, 6) is 0.627. The fourth-order valence-corrected chi connectivity index (χ4v) is 2.65. The average Bonchev–Trinajstić information content (AvgIpc) is 3.34. The van der Waals surface area contributed by atoms with Crippen molar-refractivity contribution in [3.63, 3.8) is 0 Å².